The lowest BCUT2D eigenvalue weighted by Crippen LogP contribution is -2.62. The fourth-order valence-electron chi connectivity index (χ4n) is 13.7. The molecule has 0 spiro atoms. The molecule has 11 rings (SSSR count). The Bertz CT molecular complexity index is 3130. The molecule has 3 heteroatoms. The van der Waals surface area contributed by atoms with Crippen LogP contribution in [0.3, 0.4) is 0 Å². The van der Waals surface area contributed by atoms with E-state index in [0.29, 0.717) is 5.56 Å². The minimum absolute atomic E-state index is 0.0143. The van der Waals surface area contributed by atoms with Crippen molar-refractivity contribution in [2.24, 2.45) is 0 Å². The van der Waals surface area contributed by atoms with Crippen LogP contribution in [0.2, 0.25) is 0 Å². The summed E-state index contributed by atoms with van der Waals surface area (Å²) in [6.07, 6.45) is 5.54. The molecule has 0 saturated carbocycles. The second-order valence-corrected chi connectivity index (χ2v) is 25.0. The van der Waals surface area contributed by atoms with E-state index < -0.39 is 6.85 Å². The highest BCUT2D eigenvalue weighted by molar-refractivity contribution is 7.00. The predicted octanol–water partition coefficient (Wildman–Crippen LogP) is 15.0. The molecule has 3 aliphatic carbocycles. The molecular weight excluding hydrogens is 784 g/mol. The molecule has 332 valence electrons. The van der Waals surface area contributed by atoms with Crippen LogP contribution in [-0.2, 0) is 32.5 Å². The zero-order chi connectivity index (χ0) is 48.6. The van der Waals surface area contributed by atoms with Crippen molar-refractivity contribution in [1.29, 1.82) is 0 Å². The summed E-state index contributed by atoms with van der Waals surface area (Å²) < 4.78 is 27.7. The number of nitrogens with zero attached hydrogens (tertiary/aromatic N) is 2. The maximum atomic E-state index is 9.23. The Hall–Kier alpha value is -5.02. The molecule has 0 N–H and O–H groups in total. The molecule has 0 amide bonds. The SMILES string of the molecule is [2H]C([2H])([2H])c1cc2c3c(c1)N(c1cc4c(cc1C)C(C)(C)CC4(C)C)c1cc4c(cc1B3c1ccc(-c3ccccc3)cc1N2c1cc2c(cc1C)C(C)(C)CCC2(C)C)C(C)(C)CCC4(C)C. The molecule has 2 aliphatic heterocycles. The topological polar surface area (TPSA) is 6.48 Å². The Morgan fingerprint density at radius 3 is 1.35 bits per heavy atom. The minimum atomic E-state index is -2.36. The zero-order valence-corrected chi connectivity index (χ0v) is 41.7. The summed E-state index contributed by atoms with van der Waals surface area (Å²) in [4.78, 5) is 5.00. The Labute approximate surface area is 396 Å². The van der Waals surface area contributed by atoms with Crippen molar-refractivity contribution >= 4 is 57.2 Å². The summed E-state index contributed by atoms with van der Waals surface area (Å²) in [5.41, 5.74) is 23.7. The number of benzene rings is 6. The Balaban J connectivity index is 1.30. The van der Waals surface area contributed by atoms with Gasteiger partial charge in [-0.15, -0.1) is 0 Å². The average molecular weight is 858 g/mol. The maximum Gasteiger partial charge on any atom is 0.252 e. The average Bonchev–Trinajstić information content (AvgIpc) is 3.44. The van der Waals surface area contributed by atoms with Gasteiger partial charge in [-0.2, -0.15) is 0 Å². The van der Waals surface area contributed by atoms with E-state index in [1.54, 1.807) is 0 Å². The van der Waals surface area contributed by atoms with Crippen LogP contribution in [0.1, 0.15) is 169 Å². The predicted molar refractivity (Wildman–Crippen MR) is 281 cm³/mol. The van der Waals surface area contributed by atoms with Gasteiger partial charge in [0.05, 0.1) is 0 Å². The first kappa shape index (κ1) is 39.2. The number of anilines is 6. The lowest BCUT2D eigenvalue weighted by atomic mass is 9.33. The van der Waals surface area contributed by atoms with E-state index in [9.17, 15) is 4.11 Å². The van der Waals surface area contributed by atoms with E-state index in [4.69, 9.17) is 0 Å². The highest BCUT2D eigenvalue weighted by atomic mass is 15.2. The molecule has 65 heavy (non-hydrogen) atoms. The maximum absolute atomic E-state index is 9.23. The highest BCUT2D eigenvalue weighted by Crippen LogP contribution is 2.56. The third-order valence-electron chi connectivity index (χ3n) is 17.5. The lowest BCUT2D eigenvalue weighted by molar-refractivity contribution is 0.332. The van der Waals surface area contributed by atoms with Gasteiger partial charge in [0.1, 0.15) is 0 Å². The van der Waals surface area contributed by atoms with Crippen LogP contribution in [0.5, 0.6) is 0 Å². The second-order valence-electron chi connectivity index (χ2n) is 25.0. The monoisotopic (exact) mass is 858 g/mol. The standard InChI is InChI=1S/C62H71BN2/c1-37-27-54-56-55(28-37)65(51-34-47-43(30-39(51)3)61(12,13)36-62(47,14)15)53-35-46-44(58(6,7)24-26-60(46,10)11)32-49(53)63(56)48-22-21-41(40-19-17-16-18-20-40)31-52(48)64(54)50-33-45-42(29-38(50)2)57(4,5)23-25-59(45,8)9/h16-22,27-35H,23-26,36H2,1-15H3/i1D3. The van der Waals surface area contributed by atoms with Crippen LogP contribution in [0.25, 0.3) is 11.1 Å². The van der Waals surface area contributed by atoms with E-state index in [1.807, 2.05) is 12.1 Å². The van der Waals surface area contributed by atoms with Gasteiger partial charge in [-0.25, -0.2) is 0 Å². The van der Waals surface area contributed by atoms with Gasteiger partial charge in [0.2, 0.25) is 0 Å². The van der Waals surface area contributed by atoms with E-state index in [0.717, 1.165) is 71.7 Å². The van der Waals surface area contributed by atoms with Crippen LogP contribution in [0.15, 0.2) is 97.1 Å². The van der Waals surface area contributed by atoms with Gasteiger partial charge in [0.25, 0.3) is 6.71 Å². The van der Waals surface area contributed by atoms with Gasteiger partial charge in [0, 0.05) is 38.2 Å². The molecule has 0 unspecified atom stereocenters. The first-order valence-electron chi connectivity index (χ1n) is 26.1. The van der Waals surface area contributed by atoms with Gasteiger partial charge in [-0.05, 0) is 199 Å². The molecule has 0 aromatic heterocycles. The fourth-order valence-corrected chi connectivity index (χ4v) is 13.7. The first-order chi connectivity index (χ1) is 31.6. The largest absolute Gasteiger partial charge is 0.311 e. The fraction of sp³-hybridized carbons (Fsp3) is 0.419. The Morgan fingerprint density at radius 2 is 0.846 bits per heavy atom. The van der Waals surface area contributed by atoms with Crippen LogP contribution >= 0.6 is 0 Å². The number of aryl methyl sites for hydroxylation is 3. The molecule has 0 saturated heterocycles. The summed E-state index contributed by atoms with van der Waals surface area (Å²) >= 11 is 0. The van der Waals surface area contributed by atoms with Gasteiger partial charge in [0.15, 0.2) is 0 Å². The Morgan fingerprint density at radius 1 is 0.415 bits per heavy atom. The minimum Gasteiger partial charge on any atom is -0.311 e. The molecule has 0 bridgehead atoms. The van der Waals surface area contributed by atoms with Crippen molar-refractivity contribution < 1.29 is 4.11 Å². The van der Waals surface area contributed by atoms with E-state index in [1.165, 1.54) is 66.6 Å². The number of hydrogen-bond acceptors (Lipinski definition) is 2. The molecular formula is C62H71BN2. The molecule has 2 heterocycles. The molecule has 2 nitrogen and oxygen atoms in total. The third-order valence-corrected chi connectivity index (χ3v) is 17.5. The van der Waals surface area contributed by atoms with Crippen molar-refractivity contribution in [3.8, 4) is 11.1 Å². The number of hydrogen-bond donors (Lipinski definition) is 0. The van der Waals surface area contributed by atoms with Crippen molar-refractivity contribution in [3.05, 3.63) is 147 Å². The second kappa shape index (κ2) is 13.5. The normalized spacial score (nSPS) is 21.4. The number of fused-ring (bicyclic) bond motifs is 7. The van der Waals surface area contributed by atoms with Gasteiger partial charge >= 0.3 is 0 Å². The molecule has 6 aromatic carbocycles. The van der Waals surface area contributed by atoms with Crippen LogP contribution in [0.4, 0.5) is 34.1 Å². The van der Waals surface area contributed by atoms with Crippen LogP contribution < -0.4 is 26.2 Å². The Kier molecular flexibility index (Phi) is 8.17. The van der Waals surface area contributed by atoms with Crippen molar-refractivity contribution in [3.63, 3.8) is 0 Å². The van der Waals surface area contributed by atoms with Crippen LogP contribution in [0, 0.1) is 20.7 Å². The third kappa shape index (κ3) is 6.18. The van der Waals surface area contributed by atoms with Crippen molar-refractivity contribution in [2.75, 3.05) is 9.80 Å². The van der Waals surface area contributed by atoms with E-state index in [2.05, 4.69) is 192 Å². The molecule has 0 fully saturated rings. The lowest BCUT2D eigenvalue weighted by Gasteiger charge is -2.48. The summed E-state index contributed by atoms with van der Waals surface area (Å²) in [6.45, 7) is 31.0. The first-order valence-corrected chi connectivity index (χ1v) is 24.6. The molecule has 5 aliphatic rings. The molecule has 6 aromatic rings. The summed E-state index contributed by atoms with van der Waals surface area (Å²) in [6, 6.07) is 37.0. The van der Waals surface area contributed by atoms with Gasteiger partial charge in [-0.1, -0.05) is 144 Å². The van der Waals surface area contributed by atoms with E-state index >= 15 is 0 Å². The zero-order valence-electron chi connectivity index (χ0n) is 44.7. The van der Waals surface area contributed by atoms with Gasteiger partial charge in [-0.3, -0.25) is 0 Å². The smallest absolute Gasteiger partial charge is 0.252 e. The quantitative estimate of drug-likeness (QED) is 0.163. The van der Waals surface area contributed by atoms with Crippen molar-refractivity contribution in [2.45, 2.75) is 168 Å². The summed E-state index contributed by atoms with van der Waals surface area (Å²) in [5.74, 6) is 0. The number of rotatable bonds is 3. The summed E-state index contributed by atoms with van der Waals surface area (Å²) in [5, 5.41) is 0. The van der Waals surface area contributed by atoms with E-state index in [-0.39, 0.29) is 39.2 Å². The molecule has 0 atom stereocenters. The summed E-state index contributed by atoms with van der Waals surface area (Å²) in [7, 11) is 0. The van der Waals surface area contributed by atoms with Crippen molar-refractivity contribution in [1.82, 2.24) is 0 Å². The molecule has 0 radical (unpaired) electrons. The van der Waals surface area contributed by atoms with Gasteiger partial charge < -0.3 is 9.80 Å². The van der Waals surface area contributed by atoms with Crippen LogP contribution in [-0.4, -0.2) is 6.71 Å². The highest BCUT2D eigenvalue weighted by Gasteiger charge is 2.49.